The molecule has 0 spiro atoms. The van der Waals surface area contributed by atoms with Crippen molar-refractivity contribution in [2.24, 2.45) is 11.8 Å². The number of ether oxygens (including phenoxy) is 1. The Morgan fingerprint density at radius 1 is 1.40 bits per heavy atom. The first-order chi connectivity index (χ1) is 7.27. The Morgan fingerprint density at radius 2 is 2.20 bits per heavy atom. The summed E-state index contributed by atoms with van der Waals surface area (Å²) in [6.45, 7) is 10.0. The van der Waals surface area contributed by atoms with E-state index in [1.54, 1.807) is 0 Å². The van der Waals surface area contributed by atoms with Gasteiger partial charge in [-0.15, -0.1) is 0 Å². The summed E-state index contributed by atoms with van der Waals surface area (Å²) >= 11 is 0. The second kappa shape index (κ2) is 7.24. The molecule has 0 aromatic heterocycles. The molecular formula is C13H27NO. The molecule has 1 N–H and O–H groups in total. The molecule has 90 valence electrons. The zero-order chi connectivity index (χ0) is 11.1. The van der Waals surface area contributed by atoms with E-state index in [2.05, 4.69) is 26.1 Å². The van der Waals surface area contributed by atoms with Crippen molar-refractivity contribution in [1.82, 2.24) is 5.32 Å². The largest absolute Gasteiger partial charge is 0.381 e. The summed E-state index contributed by atoms with van der Waals surface area (Å²) < 4.78 is 5.45. The molecule has 1 aliphatic heterocycles. The molecule has 0 bridgehead atoms. The predicted molar refractivity (Wildman–Crippen MR) is 65.1 cm³/mol. The highest BCUT2D eigenvalue weighted by Gasteiger charge is 2.23. The summed E-state index contributed by atoms with van der Waals surface area (Å²) in [5, 5.41) is 3.69. The maximum atomic E-state index is 5.45. The first kappa shape index (κ1) is 13.0. The lowest BCUT2D eigenvalue weighted by Gasteiger charge is -2.26. The van der Waals surface area contributed by atoms with Crippen LogP contribution < -0.4 is 5.32 Å². The number of rotatable bonds is 7. The van der Waals surface area contributed by atoms with E-state index in [9.17, 15) is 0 Å². The first-order valence-electron chi connectivity index (χ1n) is 6.59. The normalized spacial score (nSPS) is 25.4. The molecule has 1 fully saturated rings. The van der Waals surface area contributed by atoms with Gasteiger partial charge in [0.25, 0.3) is 0 Å². The van der Waals surface area contributed by atoms with Crippen molar-refractivity contribution in [1.29, 1.82) is 0 Å². The second-order valence-electron chi connectivity index (χ2n) is 4.91. The van der Waals surface area contributed by atoms with Crippen LogP contribution in [0.15, 0.2) is 0 Å². The van der Waals surface area contributed by atoms with Gasteiger partial charge in [-0.25, -0.2) is 0 Å². The lowest BCUT2D eigenvalue weighted by Crippen LogP contribution is -2.37. The van der Waals surface area contributed by atoms with Crippen molar-refractivity contribution >= 4 is 0 Å². The summed E-state index contributed by atoms with van der Waals surface area (Å²) in [6.07, 6.45) is 5.07. The molecule has 0 aromatic rings. The van der Waals surface area contributed by atoms with Crippen molar-refractivity contribution in [2.45, 2.75) is 52.5 Å². The Labute approximate surface area is 94.8 Å². The molecule has 1 rings (SSSR count). The number of nitrogens with one attached hydrogen (secondary N) is 1. The third-order valence-electron chi connectivity index (χ3n) is 3.60. The maximum absolute atomic E-state index is 5.45. The highest BCUT2D eigenvalue weighted by atomic mass is 16.5. The van der Waals surface area contributed by atoms with Gasteiger partial charge in [0.15, 0.2) is 0 Å². The maximum Gasteiger partial charge on any atom is 0.0495 e. The summed E-state index contributed by atoms with van der Waals surface area (Å²) in [7, 11) is 0. The van der Waals surface area contributed by atoms with E-state index >= 15 is 0 Å². The third kappa shape index (κ3) is 4.52. The van der Waals surface area contributed by atoms with Gasteiger partial charge >= 0.3 is 0 Å². The van der Waals surface area contributed by atoms with Gasteiger partial charge in [-0.05, 0) is 37.6 Å². The van der Waals surface area contributed by atoms with Crippen LogP contribution in [0.1, 0.15) is 46.5 Å². The monoisotopic (exact) mass is 213 g/mol. The topological polar surface area (TPSA) is 21.3 Å². The lowest BCUT2D eigenvalue weighted by molar-refractivity contribution is 0.177. The van der Waals surface area contributed by atoms with Crippen LogP contribution in [0.4, 0.5) is 0 Å². The van der Waals surface area contributed by atoms with E-state index in [4.69, 9.17) is 4.74 Å². The minimum atomic E-state index is 0.696. The highest BCUT2D eigenvalue weighted by molar-refractivity contribution is 4.78. The number of hydrogen-bond acceptors (Lipinski definition) is 2. The molecule has 3 unspecified atom stereocenters. The van der Waals surface area contributed by atoms with Crippen molar-refractivity contribution in [3.05, 3.63) is 0 Å². The van der Waals surface area contributed by atoms with Crippen LogP contribution in [-0.4, -0.2) is 25.8 Å². The van der Waals surface area contributed by atoms with E-state index in [0.717, 1.165) is 31.6 Å². The minimum Gasteiger partial charge on any atom is -0.381 e. The van der Waals surface area contributed by atoms with Crippen LogP contribution in [0.2, 0.25) is 0 Å². The SMILES string of the molecule is CCCNC(CC1CCOC1)C(C)CC. The molecule has 0 radical (unpaired) electrons. The quantitative estimate of drug-likeness (QED) is 0.702. The van der Waals surface area contributed by atoms with Gasteiger partial charge in [0.1, 0.15) is 0 Å². The van der Waals surface area contributed by atoms with Gasteiger partial charge in [0.05, 0.1) is 0 Å². The van der Waals surface area contributed by atoms with Crippen LogP contribution in [0.3, 0.4) is 0 Å². The highest BCUT2D eigenvalue weighted by Crippen LogP contribution is 2.22. The fourth-order valence-electron chi connectivity index (χ4n) is 2.26. The molecular weight excluding hydrogens is 186 g/mol. The number of hydrogen-bond donors (Lipinski definition) is 1. The van der Waals surface area contributed by atoms with E-state index in [1.165, 1.54) is 25.7 Å². The Morgan fingerprint density at radius 3 is 2.73 bits per heavy atom. The van der Waals surface area contributed by atoms with Crippen LogP contribution in [0.25, 0.3) is 0 Å². The first-order valence-corrected chi connectivity index (χ1v) is 6.59. The Balaban J connectivity index is 2.32. The molecule has 1 saturated heterocycles. The zero-order valence-corrected chi connectivity index (χ0v) is 10.6. The molecule has 0 amide bonds. The average molecular weight is 213 g/mol. The van der Waals surface area contributed by atoms with E-state index in [-0.39, 0.29) is 0 Å². The van der Waals surface area contributed by atoms with Gasteiger partial charge in [-0.2, -0.15) is 0 Å². The molecule has 0 saturated carbocycles. The van der Waals surface area contributed by atoms with Crippen molar-refractivity contribution in [3.63, 3.8) is 0 Å². The minimum absolute atomic E-state index is 0.696. The Bertz CT molecular complexity index is 155. The fourth-order valence-corrected chi connectivity index (χ4v) is 2.26. The third-order valence-corrected chi connectivity index (χ3v) is 3.60. The van der Waals surface area contributed by atoms with Crippen LogP contribution in [-0.2, 0) is 4.74 Å². The molecule has 1 aliphatic rings. The van der Waals surface area contributed by atoms with E-state index in [0.29, 0.717) is 6.04 Å². The average Bonchev–Trinajstić information content (AvgIpc) is 2.75. The molecule has 0 aliphatic carbocycles. The molecule has 3 atom stereocenters. The van der Waals surface area contributed by atoms with E-state index < -0.39 is 0 Å². The summed E-state index contributed by atoms with van der Waals surface area (Å²) in [5.41, 5.74) is 0. The predicted octanol–water partition coefficient (Wildman–Crippen LogP) is 2.83. The summed E-state index contributed by atoms with van der Waals surface area (Å²) in [4.78, 5) is 0. The molecule has 2 heteroatoms. The lowest BCUT2D eigenvalue weighted by atomic mass is 9.89. The van der Waals surface area contributed by atoms with Gasteiger partial charge < -0.3 is 10.1 Å². The van der Waals surface area contributed by atoms with Gasteiger partial charge in [0.2, 0.25) is 0 Å². The van der Waals surface area contributed by atoms with Crippen LogP contribution >= 0.6 is 0 Å². The van der Waals surface area contributed by atoms with Gasteiger partial charge in [-0.3, -0.25) is 0 Å². The van der Waals surface area contributed by atoms with Crippen molar-refractivity contribution < 1.29 is 4.74 Å². The van der Waals surface area contributed by atoms with Gasteiger partial charge in [-0.1, -0.05) is 27.2 Å². The summed E-state index contributed by atoms with van der Waals surface area (Å²) in [5.74, 6) is 1.59. The van der Waals surface area contributed by atoms with Crippen LogP contribution in [0.5, 0.6) is 0 Å². The van der Waals surface area contributed by atoms with Crippen molar-refractivity contribution in [2.75, 3.05) is 19.8 Å². The Hall–Kier alpha value is -0.0800. The molecule has 1 heterocycles. The second-order valence-corrected chi connectivity index (χ2v) is 4.91. The standard InChI is InChI=1S/C13H27NO/c1-4-7-14-13(11(3)5-2)9-12-6-8-15-10-12/h11-14H,4-10H2,1-3H3. The van der Waals surface area contributed by atoms with Crippen LogP contribution in [0, 0.1) is 11.8 Å². The molecule has 2 nitrogen and oxygen atoms in total. The van der Waals surface area contributed by atoms with Crippen molar-refractivity contribution in [3.8, 4) is 0 Å². The molecule has 0 aromatic carbocycles. The fraction of sp³-hybridized carbons (Fsp3) is 1.00. The summed E-state index contributed by atoms with van der Waals surface area (Å²) in [6, 6.07) is 0.696. The smallest absolute Gasteiger partial charge is 0.0495 e. The van der Waals surface area contributed by atoms with E-state index in [1.807, 2.05) is 0 Å². The zero-order valence-electron chi connectivity index (χ0n) is 10.6. The van der Waals surface area contributed by atoms with Gasteiger partial charge in [0, 0.05) is 19.3 Å². The molecule has 15 heavy (non-hydrogen) atoms. The Kier molecular flexibility index (Phi) is 6.26.